The normalized spacial score (nSPS) is 11.5. The van der Waals surface area contributed by atoms with E-state index in [-0.39, 0.29) is 18.1 Å². The molecule has 9 heteroatoms. The van der Waals surface area contributed by atoms with E-state index in [4.69, 9.17) is 37.8 Å². The molecule has 0 spiro atoms. The number of benzene rings is 3. The van der Waals surface area contributed by atoms with Gasteiger partial charge in [0.05, 0.1) is 18.1 Å². The Morgan fingerprint density at radius 3 is 1.89 bits per heavy atom. The summed E-state index contributed by atoms with van der Waals surface area (Å²) in [4.78, 5) is 10.6. The van der Waals surface area contributed by atoms with E-state index in [2.05, 4.69) is 0 Å². The molecule has 0 aliphatic rings. The van der Waals surface area contributed by atoms with Gasteiger partial charge in [0, 0.05) is 10.0 Å². The zero-order chi connectivity index (χ0) is 25.3. The van der Waals surface area contributed by atoms with Crippen molar-refractivity contribution in [2.24, 2.45) is 0 Å². The van der Waals surface area contributed by atoms with Crippen LogP contribution in [0.2, 0.25) is 10.0 Å². The molecule has 6 nitrogen and oxygen atoms in total. The lowest BCUT2D eigenvalue weighted by Gasteiger charge is -2.19. The first-order valence-electron chi connectivity index (χ1n) is 11.0. The Labute approximate surface area is 215 Å². The number of aryl methyl sites for hydroxylation is 1. The van der Waals surface area contributed by atoms with Crippen LogP contribution >= 0.6 is 23.2 Å². The van der Waals surface area contributed by atoms with Crippen LogP contribution < -0.4 is 4.74 Å². The Hall–Kier alpha value is -2.58. The fourth-order valence-electron chi connectivity index (χ4n) is 3.45. The van der Waals surface area contributed by atoms with E-state index in [1.807, 2.05) is 24.3 Å². The number of hydrogen-bond acceptors (Lipinski definition) is 5. The van der Waals surface area contributed by atoms with Crippen LogP contribution in [-0.4, -0.2) is 44.2 Å². The molecule has 0 amide bonds. The lowest BCUT2D eigenvalue weighted by Crippen LogP contribution is -2.18. The third-order valence-corrected chi connectivity index (χ3v) is 7.43. The maximum absolute atomic E-state index is 12.6. The first-order chi connectivity index (χ1) is 16.7. The molecule has 186 valence electrons. The van der Waals surface area contributed by atoms with Gasteiger partial charge in [0.2, 0.25) is 0 Å². The van der Waals surface area contributed by atoms with Gasteiger partial charge in [-0.25, -0.2) is 13.2 Å². The number of aliphatic carboxylic acids is 1. The molecule has 1 N–H and O–H groups in total. The number of carbonyl (C=O) groups is 1. The third kappa shape index (κ3) is 9.18. The molecule has 0 unspecified atom stereocenters. The highest BCUT2D eigenvalue weighted by Gasteiger charge is 2.18. The molecule has 0 aliphatic heterocycles. The van der Waals surface area contributed by atoms with Crippen LogP contribution in [0.5, 0.6) is 5.75 Å². The van der Waals surface area contributed by atoms with Crippen molar-refractivity contribution in [3.05, 3.63) is 99.5 Å². The lowest BCUT2D eigenvalue weighted by atomic mass is 10.0. The van der Waals surface area contributed by atoms with Gasteiger partial charge in [-0.3, -0.25) is 0 Å². The van der Waals surface area contributed by atoms with E-state index in [0.29, 0.717) is 28.6 Å². The summed E-state index contributed by atoms with van der Waals surface area (Å²) in [5.74, 6) is -0.639. The smallest absolute Gasteiger partial charge is 0.341 e. The second-order valence-corrected chi connectivity index (χ2v) is 11.1. The van der Waals surface area contributed by atoms with Crippen LogP contribution in [0.1, 0.15) is 29.2 Å². The van der Waals surface area contributed by atoms with Crippen molar-refractivity contribution < 1.29 is 27.8 Å². The van der Waals surface area contributed by atoms with Crippen molar-refractivity contribution in [3.63, 3.8) is 0 Å². The van der Waals surface area contributed by atoms with Crippen LogP contribution in [0.4, 0.5) is 0 Å². The molecule has 3 aromatic rings. The molecule has 0 fully saturated rings. The fraction of sp³-hybridized carbons (Fsp3) is 0.269. The lowest BCUT2D eigenvalue weighted by molar-refractivity contribution is -0.139. The average Bonchev–Trinajstić information content (AvgIpc) is 2.83. The molecular weight excluding hydrogens is 511 g/mol. The zero-order valence-corrected chi connectivity index (χ0v) is 21.2. The van der Waals surface area contributed by atoms with Gasteiger partial charge >= 0.3 is 5.97 Å². The number of halogens is 2. The van der Waals surface area contributed by atoms with Crippen molar-refractivity contribution >= 4 is 39.0 Å². The van der Waals surface area contributed by atoms with Crippen LogP contribution in [0, 0.1) is 0 Å². The van der Waals surface area contributed by atoms with Crippen molar-refractivity contribution in [3.8, 4) is 5.75 Å². The summed E-state index contributed by atoms with van der Waals surface area (Å²) < 4.78 is 36.3. The summed E-state index contributed by atoms with van der Waals surface area (Å²) in [6, 6.07) is 21.4. The van der Waals surface area contributed by atoms with Gasteiger partial charge in [-0.15, -0.1) is 0 Å². The molecule has 0 radical (unpaired) electrons. The molecule has 0 aliphatic carbocycles. The van der Waals surface area contributed by atoms with Crippen molar-refractivity contribution in [2.45, 2.75) is 18.9 Å². The van der Waals surface area contributed by atoms with Gasteiger partial charge in [-0.05, 0) is 65.9 Å². The number of hydrogen-bond donors (Lipinski definition) is 1. The molecule has 0 saturated heterocycles. The Balaban J connectivity index is 1.51. The molecule has 0 bridgehead atoms. The number of carboxylic acid groups (broad SMARTS) is 1. The number of carboxylic acids is 1. The van der Waals surface area contributed by atoms with Gasteiger partial charge < -0.3 is 14.6 Å². The van der Waals surface area contributed by atoms with Crippen LogP contribution in [0.15, 0.2) is 72.8 Å². The summed E-state index contributed by atoms with van der Waals surface area (Å²) in [6.07, 6.45) is 0.606. The van der Waals surface area contributed by atoms with Crippen molar-refractivity contribution in [1.82, 2.24) is 0 Å². The monoisotopic (exact) mass is 536 g/mol. The minimum absolute atomic E-state index is 0.0418. The number of ether oxygens (including phenoxy) is 2. The topological polar surface area (TPSA) is 89.9 Å². The second kappa shape index (κ2) is 12.9. The van der Waals surface area contributed by atoms with Crippen molar-refractivity contribution in [2.75, 3.05) is 24.7 Å². The summed E-state index contributed by atoms with van der Waals surface area (Å²) in [5.41, 5.74) is 2.68. The first kappa shape index (κ1) is 27.0. The predicted molar refractivity (Wildman–Crippen MR) is 137 cm³/mol. The van der Waals surface area contributed by atoms with E-state index in [0.717, 1.165) is 16.7 Å². The number of rotatable bonds is 13. The standard InChI is InChI=1S/C26H26Cl2O6S/c27-22-9-5-20(6-10-22)26(21-7-11-23(28)12-8-21)33-15-17-35(31,32)16-1-2-19-3-13-24(14-4-19)34-18-25(29)30/h3-14,26H,1-2,15-18H2,(H,29,30). The average molecular weight is 537 g/mol. The SMILES string of the molecule is O=C(O)COc1ccc(CCCS(=O)(=O)CCOC(c2ccc(Cl)cc2)c2ccc(Cl)cc2)cc1. The quantitative estimate of drug-likeness (QED) is 0.305. The van der Waals surface area contributed by atoms with E-state index in [1.165, 1.54) is 0 Å². The highest BCUT2D eigenvalue weighted by molar-refractivity contribution is 7.91. The Bertz CT molecular complexity index is 1150. The summed E-state index contributed by atoms with van der Waals surface area (Å²) in [7, 11) is -3.31. The Morgan fingerprint density at radius 1 is 0.829 bits per heavy atom. The minimum Gasteiger partial charge on any atom is -0.482 e. The van der Waals surface area contributed by atoms with E-state index >= 15 is 0 Å². The van der Waals surface area contributed by atoms with Gasteiger partial charge in [0.1, 0.15) is 11.9 Å². The van der Waals surface area contributed by atoms with Gasteiger partial charge in [-0.2, -0.15) is 0 Å². The molecular formula is C26H26Cl2O6S. The first-order valence-corrected chi connectivity index (χ1v) is 13.6. The molecule has 0 atom stereocenters. The van der Waals surface area contributed by atoms with E-state index in [1.54, 1.807) is 48.5 Å². The van der Waals surface area contributed by atoms with Gasteiger partial charge in [0.15, 0.2) is 16.4 Å². The van der Waals surface area contributed by atoms with Crippen LogP contribution in [-0.2, 0) is 25.8 Å². The second-order valence-electron chi connectivity index (χ2n) is 7.94. The highest BCUT2D eigenvalue weighted by Crippen LogP contribution is 2.28. The zero-order valence-electron chi connectivity index (χ0n) is 18.9. The van der Waals surface area contributed by atoms with Crippen LogP contribution in [0.25, 0.3) is 0 Å². The van der Waals surface area contributed by atoms with Crippen LogP contribution in [0.3, 0.4) is 0 Å². The van der Waals surface area contributed by atoms with Gasteiger partial charge in [0.25, 0.3) is 0 Å². The molecule has 0 heterocycles. The third-order valence-electron chi connectivity index (χ3n) is 5.23. The van der Waals surface area contributed by atoms with E-state index < -0.39 is 28.5 Å². The molecule has 35 heavy (non-hydrogen) atoms. The summed E-state index contributed by atoms with van der Waals surface area (Å²) >= 11 is 12.0. The van der Waals surface area contributed by atoms with Gasteiger partial charge in [-0.1, -0.05) is 59.6 Å². The molecule has 3 aromatic carbocycles. The highest BCUT2D eigenvalue weighted by atomic mass is 35.5. The molecule has 3 rings (SSSR count). The maximum atomic E-state index is 12.6. The Morgan fingerprint density at radius 2 is 1.37 bits per heavy atom. The molecule has 0 saturated carbocycles. The summed E-state index contributed by atoms with van der Waals surface area (Å²) in [5, 5.41) is 9.86. The van der Waals surface area contributed by atoms with E-state index in [9.17, 15) is 13.2 Å². The number of sulfone groups is 1. The summed E-state index contributed by atoms with van der Waals surface area (Å²) in [6.45, 7) is -0.357. The van der Waals surface area contributed by atoms with Crippen molar-refractivity contribution in [1.29, 1.82) is 0 Å². The predicted octanol–water partition coefficient (Wildman–Crippen LogP) is 5.61. The fourth-order valence-corrected chi connectivity index (χ4v) is 4.84. The molecule has 0 aromatic heterocycles. The maximum Gasteiger partial charge on any atom is 0.341 e. The largest absolute Gasteiger partial charge is 0.482 e. The Kier molecular flexibility index (Phi) is 9.98. The minimum atomic E-state index is -3.31.